The van der Waals surface area contributed by atoms with E-state index in [0.29, 0.717) is 6.61 Å². The van der Waals surface area contributed by atoms with Crippen molar-refractivity contribution in [3.8, 4) is 5.75 Å². The van der Waals surface area contributed by atoms with Gasteiger partial charge in [-0.15, -0.1) is 12.4 Å². The van der Waals surface area contributed by atoms with Crippen LogP contribution in [-0.2, 0) is 0 Å². The minimum Gasteiger partial charge on any atom is -0.493 e. The summed E-state index contributed by atoms with van der Waals surface area (Å²) in [4.78, 5) is 0. The standard InChI is InChI=1S/C10H12FNO.ClH/c11-7-3-4-10-8(6-7)9(12)2-1-5-13-10;/h3-4,6,9H,1-2,5,12H2;1H. The fourth-order valence-corrected chi connectivity index (χ4v) is 1.58. The molecule has 0 bridgehead atoms. The largest absolute Gasteiger partial charge is 0.493 e. The van der Waals surface area contributed by atoms with Crippen molar-refractivity contribution in [2.24, 2.45) is 5.73 Å². The molecule has 0 fully saturated rings. The molecule has 1 atom stereocenters. The maximum absolute atomic E-state index is 12.9. The summed E-state index contributed by atoms with van der Waals surface area (Å²) in [6.07, 6.45) is 1.79. The number of halogens is 2. The number of benzene rings is 1. The van der Waals surface area contributed by atoms with Crippen molar-refractivity contribution in [3.63, 3.8) is 0 Å². The van der Waals surface area contributed by atoms with Crippen molar-refractivity contribution in [2.75, 3.05) is 6.61 Å². The molecule has 0 aliphatic carbocycles. The third kappa shape index (κ3) is 2.16. The van der Waals surface area contributed by atoms with Crippen LogP contribution in [0.4, 0.5) is 4.39 Å². The lowest BCUT2D eigenvalue weighted by Gasteiger charge is -2.10. The molecule has 14 heavy (non-hydrogen) atoms. The van der Waals surface area contributed by atoms with Crippen LogP contribution in [0.1, 0.15) is 24.4 Å². The first-order valence-electron chi connectivity index (χ1n) is 4.45. The van der Waals surface area contributed by atoms with Gasteiger partial charge in [0.25, 0.3) is 0 Å². The highest BCUT2D eigenvalue weighted by Gasteiger charge is 2.16. The molecule has 1 aliphatic heterocycles. The molecular weight excluding hydrogens is 205 g/mol. The number of fused-ring (bicyclic) bond motifs is 1. The van der Waals surface area contributed by atoms with Crippen LogP contribution in [0.3, 0.4) is 0 Å². The SMILES string of the molecule is Cl.NC1CCCOc2ccc(F)cc21. The summed E-state index contributed by atoms with van der Waals surface area (Å²) in [5, 5.41) is 0. The van der Waals surface area contributed by atoms with Crippen LogP contribution in [-0.4, -0.2) is 6.61 Å². The maximum Gasteiger partial charge on any atom is 0.124 e. The van der Waals surface area contributed by atoms with Gasteiger partial charge in [-0.05, 0) is 31.0 Å². The molecule has 1 heterocycles. The van der Waals surface area contributed by atoms with Gasteiger partial charge in [0.1, 0.15) is 11.6 Å². The van der Waals surface area contributed by atoms with Crippen molar-refractivity contribution < 1.29 is 9.13 Å². The molecule has 1 aromatic carbocycles. The van der Waals surface area contributed by atoms with Crippen LogP contribution >= 0.6 is 12.4 Å². The third-order valence-corrected chi connectivity index (χ3v) is 2.29. The van der Waals surface area contributed by atoms with Crippen molar-refractivity contribution in [3.05, 3.63) is 29.6 Å². The zero-order chi connectivity index (χ0) is 9.26. The van der Waals surface area contributed by atoms with Gasteiger partial charge in [0.05, 0.1) is 6.61 Å². The maximum atomic E-state index is 12.9. The molecule has 1 aromatic rings. The lowest BCUT2D eigenvalue weighted by Crippen LogP contribution is -2.09. The van der Waals surface area contributed by atoms with E-state index in [1.54, 1.807) is 6.07 Å². The second kappa shape index (κ2) is 4.62. The Morgan fingerprint density at radius 3 is 3.00 bits per heavy atom. The molecule has 2 rings (SSSR count). The van der Waals surface area contributed by atoms with E-state index in [1.165, 1.54) is 12.1 Å². The summed E-state index contributed by atoms with van der Waals surface area (Å²) in [5.74, 6) is 0.478. The van der Waals surface area contributed by atoms with E-state index in [2.05, 4.69) is 0 Å². The normalized spacial score (nSPS) is 20.0. The summed E-state index contributed by atoms with van der Waals surface area (Å²) >= 11 is 0. The number of nitrogens with two attached hydrogens (primary N) is 1. The lowest BCUT2D eigenvalue weighted by molar-refractivity contribution is 0.316. The Morgan fingerprint density at radius 1 is 1.43 bits per heavy atom. The van der Waals surface area contributed by atoms with Crippen molar-refractivity contribution in [2.45, 2.75) is 18.9 Å². The Bertz CT molecular complexity index is 319. The molecule has 4 heteroatoms. The van der Waals surface area contributed by atoms with E-state index in [9.17, 15) is 4.39 Å². The van der Waals surface area contributed by atoms with Gasteiger partial charge >= 0.3 is 0 Å². The topological polar surface area (TPSA) is 35.2 Å². The van der Waals surface area contributed by atoms with Gasteiger partial charge in [-0.1, -0.05) is 0 Å². The molecule has 2 N–H and O–H groups in total. The third-order valence-electron chi connectivity index (χ3n) is 2.29. The highest BCUT2D eigenvalue weighted by molar-refractivity contribution is 5.85. The van der Waals surface area contributed by atoms with Gasteiger partial charge in [0.2, 0.25) is 0 Å². The quantitative estimate of drug-likeness (QED) is 0.725. The van der Waals surface area contributed by atoms with Crippen LogP contribution in [0.25, 0.3) is 0 Å². The van der Waals surface area contributed by atoms with E-state index in [4.69, 9.17) is 10.5 Å². The summed E-state index contributed by atoms with van der Waals surface area (Å²) in [7, 11) is 0. The molecule has 2 nitrogen and oxygen atoms in total. The first-order chi connectivity index (χ1) is 6.27. The molecule has 0 spiro atoms. The van der Waals surface area contributed by atoms with E-state index < -0.39 is 0 Å². The second-order valence-electron chi connectivity index (χ2n) is 3.28. The molecule has 1 aliphatic rings. The van der Waals surface area contributed by atoms with E-state index in [1.807, 2.05) is 0 Å². The predicted molar refractivity (Wildman–Crippen MR) is 55.3 cm³/mol. The van der Waals surface area contributed by atoms with Crippen LogP contribution < -0.4 is 10.5 Å². The van der Waals surface area contributed by atoms with Gasteiger partial charge in [0.15, 0.2) is 0 Å². The van der Waals surface area contributed by atoms with Gasteiger partial charge in [0, 0.05) is 11.6 Å². The van der Waals surface area contributed by atoms with Gasteiger partial charge in [-0.2, -0.15) is 0 Å². The number of rotatable bonds is 0. The van der Waals surface area contributed by atoms with Crippen molar-refractivity contribution in [1.29, 1.82) is 0 Å². The summed E-state index contributed by atoms with van der Waals surface area (Å²) in [5.41, 5.74) is 6.66. The molecule has 1 unspecified atom stereocenters. The minimum atomic E-state index is -0.250. The van der Waals surface area contributed by atoms with E-state index in [0.717, 1.165) is 24.2 Å². The Kier molecular flexibility index (Phi) is 3.72. The fraction of sp³-hybridized carbons (Fsp3) is 0.400. The molecule has 0 radical (unpaired) electrons. The first-order valence-corrected chi connectivity index (χ1v) is 4.45. The first kappa shape index (κ1) is 11.3. The van der Waals surface area contributed by atoms with E-state index in [-0.39, 0.29) is 24.3 Å². The minimum absolute atomic E-state index is 0. The monoisotopic (exact) mass is 217 g/mol. The second-order valence-corrected chi connectivity index (χ2v) is 3.28. The van der Waals surface area contributed by atoms with Crippen LogP contribution in [0, 0.1) is 5.82 Å². The Balaban J connectivity index is 0.000000980. The zero-order valence-electron chi connectivity index (χ0n) is 7.70. The molecule has 0 amide bonds. The van der Waals surface area contributed by atoms with E-state index >= 15 is 0 Å². The van der Waals surface area contributed by atoms with Crippen molar-refractivity contribution in [1.82, 2.24) is 0 Å². The van der Waals surface area contributed by atoms with Crippen LogP contribution in [0.2, 0.25) is 0 Å². The summed E-state index contributed by atoms with van der Waals surface area (Å²) in [6.45, 7) is 0.673. The Labute approximate surface area is 88.7 Å². The molecule has 0 saturated carbocycles. The Morgan fingerprint density at radius 2 is 2.21 bits per heavy atom. The molecule has 0 saturated heterocycles. The molecule has 78 valence electrons. The number of hydrogen-bond donors (Lipinski definition) is 1. The van der Waals surface area contributed by atoms with Crippen LogP contribution in [0.15, 0.2) is 18.2 Å². The van der Waals surface area contributed by atoms with Crippen LogP contribution in [0.5, 0.6) is 5.75 Å². The number of ether oxygens (including phenoxy) is 1. The van der Waals surface area contributed by atoms with Crippen molar-refractivity contribution >= 4 is 12.4 Å². The summed E-state index contributed by atoms with van der Waals surface area (Å²) in [6, 6.07) is 4.42. The van der Waals surface area contributed by atoms with Gasteiger partial charge in [-0.3, -0.25) is 0 Å². The zero-order valence-corrected chi connectivity index (χ0v) is 8.52. The number of hydrogen-bond acceptors (Lipinski definition) is 2. The summed E-state index contributed by atoms with van der Waals surface area (Å²) < 4.78 is 18.3. The predicted octanol–water partition coefficient (Wildman–Crippen LogP) is 2.42. The highest BCUT2D eigenvalue weighted by Crippen LogP contribution is 2.30. The van der Waals surface area contributed by atoms with Gasteiger partial charge < -0.3 is 10.5 Å². The molecule has 0 aromatic heterocycles. The lowest BCUT2D eigenvalue weighted by atomic mass is 10.0. The fourth-order valence-electron chi connectivity index (χ4n) is 1.58. The highest BCUT2D eigenvalue weighted by atomic mass is 35.5. The average molecular weight is 218 g/mol. The average Bonchev–Trinajstić information content (AvgIpc) is 2.29. The Hall–Kier alpha value is -0.800. The smallest absolute Gasteiger partial charge is 0.124 e. The van der Waals surface area contributed by atoms with Gasteiger partial charge in [-0.25, -0.2) is 4.39 Å². The molecular formula is C10H13ClFNO.